The first kappa shape index (κ1) is 33.3. The average molecular weight is 601 g/mol. The van der Waals surface area contributed by atoms with Crippen molar-refractivity contribution in [3.8, 4) is 0 Å². The van der Waals surface area contributed by atoms with E-state index >= 15 is 0 Å². The maximum atomic E-state index is 14.2. The van der Waals surface area contributed by atoms with Crippen molar-refractivity contribution in [2.75, 3.05) is 7.05 Å². The number of aryl methyl sites for hydroxylation is 1. The maximum absolute atomic E-state index is 14.2. The van der Waals surface area contributed by atoms with E-state index in [1.165, 1.54) is 4.90 Å². The van der Waals surface area contributed by atoms with Crippen molar-refractivity contribution in [3.63, 3.8) is 0 Å². The second-order valence-corrected chi connectivity index (χ2v) is 12.1. The Labute approximate surface area is 250 Å². The lowest BCUT2D eigenvalue weighted by Gasteiger charge is -2.35. The van der Waals surface area contributed by atoms with Crippen LogP contribution in [0.4, 0.5) is 0 Å². The fraction of sp³-hybridized carbons (Fsp3) is 0.548. The number of carbonyl (C=O) groups is 4. The van der Waals surface area contributed by atoms with Gasteiger partial charge < -0.3 is 30.0 Å². The van der Waals surface area contributed by atoms with Crippen molar-refractivity contribution in [2.24, 2.45) is 5.92 Å². The molecule has 2 heterocycles. The van der Waals surface area contributed by atoms with Gasteiger partial charge in [0.15, 0.2) is 0 Å². The predicted octanol–water partition coefficient (Wildman–Crippen LogP) is 3.25. The second kappa shape index (κ2) is 15.3. The van der Waals surface area contributed by atoms with E-state index in [1.54, 1.807) is 14.0 Å². The van der Waals surface area contributed by atoms with Gasteiger partial charge in [-0.15, -0.1) is 9.24 Å². The Morgan fingerprint density at radius 1 is 1.02 bits per heavy atom. The van der Waals surface area contributed by atoms with Crippen molar-refractivity contribution in [2.45, 2.75) is 96.4 Å². The summed E-state index contributed by atoms with van der Waals surface area (Å²) in [7, 11) is 4.28. The van der Waals surface area contributed by atoms with Gasteiger partial charge in [0.2, 0.25) is 17.7 Å². The number of amides is 3. The Morgan fingerprint density at radius 2 is 1.71 bits per heavy atom. The molecule has 1 fully saturated rings. The van der Waals surface area contributed by atoms with Crippen LogP contribution in [0.5, 0.6) is 0 Å². The fourth-order valence-corrected chi connectivity index (χ4v) is 5.27. The van der Waals surface area contributed by atoms with E-state index in [4.69, 9.17) is 9.15 Å². The average Bonchev–Trinajstić information content (AvgIpc) is 3.62. The predicted molar refractivity (Wildman–Crippen MR) is 163 cm³/mol. The van der Waals surface area contributed by atoms with Crippen molar-refractivity contribution in [1.29, 1.82) is 0 Å². The van der Waals surface area contributed by atoms with E-state index in [1.807, 2.05) is 70.2 Å². The number of likely N-dealkylation sites (tertiary alicyclic amines) is 1. The van der Waals surface area contributed by atoms with Crippen LogP contribution in [0.2, 0.25) is 0 Å². The van der Waals surface area contributed by atoms with Gasteiger partial charge in [-0.1, -0.05) is 51.1 Å². The third-order valence-electron chi connectivity index (χ3n) is 7.76. The fourth-order valence-electron chi connectivity index (χ4n) is 5.02. The molecule has 3 rings (SSSR count). The van der Waals surface area contributed by atoms with Crippen LogP contribution in [-0.2, 0) is 30.5 Å². The molecule has 0 saturated carbocycles. The zero-order chi connectivity index (χ0) is 31.0. The van der Waals surface area contributed by atoms with E-state index in [2.05, 4.69) is 25.2 Å². The summed E-state index contributed by atoms with van der Waals surface area (Å²) in [5.41, 5.74) is 0.559. The zero-order valence-electron chi connectivity index (χ0n) is 25.4. The molecule has 1 aromatic carbocycles. The largest absolute Gasteiger partial charge is 0.464 e. The summed E-state index contributed by atoms with van der Waals surface area (Å²) in [5, 5.41) is 8.64. The van der Waals surface area contributed by atoms with Crippen LogP contribution in [0.15, 0.2) is 46.9 Å². The van der Waals surface area contributed by atoms with Gasteiger partial charge in [-0.3, -0.25) is 14.4 Å². The minimum absolute atomic E-state index is 0.0852. The third-order valence-corrected chi connectivity index (χ3v) is 8.62. The number of carbonyl (C=O) groups excluding carboxylic acids is 4. The number of hydrogen-bond acceptors (Lipinski definition) is 7. The first-order valence-electron chi connectivity index (χ1n) is 14.6. The number of likely N-dealkylation sites (N-methyl/N-ethyl adjacent to an activating group) is 1. The molecule has 3 amide bonds. The smallest absolute Gasteiger partial charge is 0.329 e. The maximum Gasteiger partial charge on any atom is 0.329 e. The van der Waals surface area contributed by atoms with Crippen LogP contribution in [-0.4, -0.2) is 65.5 Å². The van der Waals surface area contributed by atoms with Gasteiger partial charge >= 0.3 is 5.97 Å². The number of hydrogen-bond donors (Lipinski definition) is 3. The Bertz CT molecular complexity index is 1220. The van der Waals surface area contributed by atoms with Crippen LogP contribution >= 0.6 is 9.24 Å². The van der Waals surface area contributed by atoms with Crippen LogP contribution in [0.25, 0.3) is 0 Å². The molecule has 11 heteroatoms. The quantitative estimate of drug-likeness (QED) is 0.238. The standard InChI is InChI=1S/C31H45N4O6P/c1-7-25(42)27(31(39)40-17-21-11-9-8-10-12-21)34-29(37)23-15-14-22(24-16-13-19(4)41-24)35(23)30(38)26(18(2)3)33-28(36)20(5)32-6/h8-13,16,18,20,22-23,25-27,32H,7,14-15,17,42H2,1-6H3,(H,33,36)(H,34,37)/t20-,22+,23-,25-,26-,27?/m0/s1. The highest BCUT2D eigenvalue weighted by Gasteiger charge is 2.46. The van der Waals surface area contributed by atoms with E-state index in [0.29, 0.717) is 30.8 Å². The molecule has 3 N–H and O–H groups in total. The normalized spacial score (nSPS) is 19.6. The van der Waals surface area contributed by atoms with Crippen LogP contribution in [0, 0.1) is 12.8 Å². The van der Waals surface area contributed by atoms with Gasteiger partial charge in [0, 0.05) is 5.66 Å². The first-order chi connectivity index (χ1) is 20.0. The molecular formula is C31H45N4O6P. The summed E-state index contributed by atoms with van der Waals surface area (Å²) in [6.45, 7) is 9.24. The van der Waals surface area contributed by atoms with Crippen LogP contribution in [0.3, 0.4) is 0 Å². The second-order valence-electron chi connectivity index (χ2n) is 11.2. The van der Waals surface area contributed by atoms with Crippen molar-refractivity contribution >= 4 is 32.9 Å². The molecule has 1 aliphatic heterocycles. The first-order valence-corrected chi connectivity index (χ1v) is 15.3. The number of ether oxygens (including phenoxy) is 1. The number of benzene rings is 1. The molecule has 0 bridgehead atoms. The molecule has 230 valence electrons. The highest BCUT2D eigenvalue weighted by molar-refractivity contribution is 7.17. The highest BCUT2D eigenvalue weighted by Crippen LogP contribution is 2.38. The summed E-state index contributed by atoms with van der Waals surface area (Å²) in [6, 6.07) is 9.30. The molecule has 1 saturated heterocycles. The summed E-state index contributed by atoms with van der Waals surface area (Å²) < 4.78 is 11.5. The molecule has 2 aromatic rings. The Kier molecular flexibility index (Phi) is 12.1. The number of rotatable bonds is 13. The molecule has 2 unspecified atom stereocenters. The van der Waals surface area contributed by atoms with E-state index in [9.17, 15) is 19.2 Å². The molecule has 10 nitrogen and oxygen atoms in total. The van der Waals surface area contributed by atoms with Gasteiger partial charge in [-0.05, 0) is 63.8 Å². The minimum atomic E-state index is -0.921. The summed E-state index contributed by atoms with van der Waals surface area (Å²) in [4.78, 5) is 55.5. The lowest BCUT2D eigenvalue weighted by molar-refractivity contribution is -0.150. The van der Waals surface area contributed by atoms with Gasteiger partial charge in [0.05, 0.1) is 12.1 Å². The SMILES string of the molecule is CC[C@H](P)C(NC(=O)[C@@H]1CC[C@H](c2ccc(C)o2)N1C(=O)[C@@H](NC(=O)[C@H](C)NC)C(C)C)C(=O)OCc1ccccc1. The topological polar surface area (TPSA) is 130 Å². The number of esters is 1. The number of furan rings is 1. The Hall–Kier alpha value is -3.23. The van der Waals surface area contributed by atoms with Gasteiger partial charge in [-0.25, -0.2) is 4.79 Å². The lowest BCUT2D eigenvalue weighted by Crippen LogP contribution is -2.59. The lowest BCUT2D eigenvalue weighted by atomic mass is 10.0. The number of nitrogens with one attached hydrogen (secondary N) is 3. The van der Waals surface area contributed by atoms with Gasteiger partial charge in [0.1, 0.15) is 36.3 Å². The Morgan fingerprint density at radius 3 is 2.29 bits per heavy atom. The summed E-state index contributed by atoms with van der Waals surface area (Å²) in [6.07, 6.45) is 1.46. The van der Waals surface area contributed by atoms with E-state index in [-0.39, 0.29) is 30.0 Å². The third kappa shape index (κ3) is 8.19. The molecule has 1 aliphatic rings. The molecular weight excluding hydrogens is 555 g/mol. The summed E-state index contributed by atoms with van der Waals surface area (Å²) >= 11 is 0. The highest BCUT2D eigenvalue weighted by atomic mass is 31.0. The van der Waals surface area contributed by atoms with Gasteiger partial charge in [-0.2, -0.15) is 0 Å². The van der Waals surface area contributed by atoms with E-state index < -0.39 is 42.1 Å². The van der Waals surface area contributed by atoms with Crippen molar-refractivity contribution in [3.05, 3.63) is 59.5 Å². The molecule has 7 atom stereocenters. The zero-order valence-corrected chi connectivity index (χ0v) is 26.5. The molecule has 0 aliphatic carbocycles. The van der Waals surface area contributed by atoms with E-state index in [0.717, 1.165) is 5.56 Å². The molecule has 0 radical (unpaired) electrons. The van der Waals surface area contributed by atoms with Crippen molar-refractivity contribution < 1.29 is 28.3 Å². The van der Waals surface area contributed by atoms with Crippen LogP contribution in [0.1, 0.15) is 70.1 Å². The monoisotopic (exact) mass is 600 g/mol. The molecule has 42 heavy (non-hydrogen) atoms. The summed E-state index contributed by atoms with van der Waals surface area (Å²) in [5.74, 6) is -0.664. The minimum Gasteiger partial charge on any atom is -0.464 e. The molecule has 1 aromatic heterocycles. The van der Waals surface area contributed by atoms with Crippen LogP contribution < -0.4 is 16.0 Å². The van der Waals surface area contributed by atoms with Crippen molar-refractivity contribution in [1.82, 2.24) is 20.9 Å². The molecule has 0 spiro atoms. The van der Waals surface area contributed by atoms with Gasteiger partial charge in [0.25, 0.3) is 0 Å². The number of nitrogens with zero attached hydrogens (tertiary/aromatic N) is 1. The Balaban J connectivity index is 1.87.